The van der Waals surface area contributed by atoms with E-state index in [0.717, 1.165) is 4.31 Å². The molecule has 0 fully saturated rings. The third-order valence-electron chi connectivity index (χ3n) is 5.26. The Morgan fingerprint density at radius 2 is 1.79 bits per heavy atom. The van der Waals surface area contributed by atoms with Crippen LogP contribution < -0.4 is 15.5 Å². The van der Waals surface area contributed by atoms with E-state index < -0.39 is 34.2 Å². The maximum Gasteiger partial charge on any atom is 0.412 e. The molecular weight excluding hydrogens is 466 g/mol. The van der Waals surface area contributed by atoms with Gasteiger partial charge in [0.05, 0.1) is 18.3 Å². The number of amides is 2. The van der Waals surface area contributed by atoms with Crippen LogP contribution in [0.2, 0.25) is 0 Å². The van der Waals surface area contributed by atoms with Crippen LogP contribution >= 0.6 is 0 Å². The molecule has 3 aromatic rings. The van der Waals surface area contributed by atoms with Crippen molar-refractivity contribution in [2.75, 3.05) is 12.4 Å². The van der Waals surface area contributed by atoms with E-state index in [0.29, 0.717) is 17.0 Å². The SMILES string of the molecule is COc1ccc(S(=O)(=O)N2Cc3ccoc3C(OC(=O)Nc3ccccc3)C2C(=O)NO)cc1. The van der Waals surface area contributed by atoms with Crippen LogP contribution in [0.5, 0.6) is 5.75 Å². The lowest BCUT2D eigenvalue weighted by Gasteiger charge is -2.37. The first-order valence-corrected chi connectivity index (χ1v) is 11.5. The second-order valence-electron chi connectivity index (χ2n) is 7.27. The molecule has 0 saturated carbocycles. The zero-order chi connectivity index (χ0) is 24.3. The van der Waals surface area contributed by atoms with Crippen molar-refractivity contribution in [3.05, 3.63) is 78.3 Å². The summed E-state index contributed by atoms with van der Waals surface area (Å²) in [6, 6.07) is 13.8. The lowest BCUT2D eigenvalue weighted by atomic mass is 9.99. The van der Waals surface area contributed by atoms with E-state index in [2.05, 4.69) is 5.32 Å². The van der Waals surface area contributed by atoms with Crippen molar-refractivity contribution in [1.82, 2.24) is 9.79 Å². The molecule has 3 N–H and O–H groups in total. The first-order valence-electron chi connectivity index (χ1n) is 10.0. The molecule has 0 radical (unpaired) electrons. The maximum atomic E-state index is 13.5. The highest BCUT2D eigenvalue weighted by molar-refractivity contribution is 7.89. The minimum absolute atomic E-state index is 0.0954. The van der Waals surface area contributed by atoms with Crippen molar-refractivity contribution >= 4 is 27.7 Å². The quantitative estimate of drug-likeness (QED) is 0.355. The Kier molecular flexibility index (Phi) is 6.54. The Balaban J connectivity index is 1.71. The van der Waals surface area contributed by atoms with Gasteiger partial charge < -0.3 is 13.9 Å². The van der Waals surface area contributed by atoms with Crippen LogP contribution in [0.4, 0.5) is 10.5 Å². The fourth-order valence-electron chi connectivity index (χ4n) is 3.64. The van der Waals surface area contributed by atoms with Crippen LogP contribution in [0.25, 0.3) is 0 Å². The van der Waals surface area contributed by atoms with Crippen molar-refractivity contribution < 1.29 is 37.1 Å². The highest BCUT2D eigenvalue weighted by atomic mass is 32.2. The van der Waals surface area contributed by atoms with Gasteiger partial charge in [-0.2, -0.15) is 4.31 Å². The Morgan fingerprint density at radius 3 is 2.44 bits per heavy atom. The molecular formula is C22H21N3O8S. The Hall–Kier alpha value is -3.87. The summed E-state index contributed by atoms with van der Waals surface area (Å²) in [5.41, 5.74) is 2.29. The summed E-state index contributed by atoms with van der Waals surface area (Å²) < 4.78 is 43.8. The van der Waals surface area contributed by atoms with Crippen molar-refractivity contribution in [1.29, 1.82) is 0 Å². The van der Waals surface area contributed by atoms with Crippen LogP contribution in [-0.4, -0.2) is 43.1 Å². The predicted molar refractivity (Wildman–Crippen MR) is 117 cm³/mol. The predicted octanol–water partition coefficient (Wildman–Crippen LogP) is 2.66. The zero-order valence-corrected chi connectivity index (χ0v) is 18.7. The monoisotopic (exact) mass is 487 g/mol. The van der Waals surface area contributed by atoms with Gasteiger partial charge in [-0.25, -0.2) is 18.7 Å². The number of sulfonamides is 1. The lowest BCUT2D eigenvalue weighted by Crippen LogP contribution is -2.54. The summed E-state index contributed by atoms with van der Waals surface area (Å²) in [5, 5.41) is 11.9. The first kappa shape index (κ1) is 23.3. The molecule has 2 aromatic carbocycles. The molecule has 0 bridgehead atoms. The topological polar surface area (TPSA) is 147 Å². The number of hydrogen-bond donors (Lipinski definition) is 3. The van der Waals surface area contributed by atoms with Crippen LogP contribution in [0.1, 0.15) is 17.4 Å². The number of benzene rings is 2. The van der Waals surface area contributed by atoms with Crippen molar-refractivity contribution in [3.63, 3.8) is 0 Å². The van der Waals surface area contributed by atoms with Gasteiger partial charge in [0.2, 0.25) is 10.0 Å². The molecule has 12 heteroatoms. The molecule has 1 aliphatic rings. The van der Waals surface area contributed by atoms with Crippen LogP contribution in [0.3, 0.4) is 0 Å². The number of nitrogens with one attached hydrogen (secondary N) is 2. The number of ether oxygens (including phenoxy) is 2. The smallest absolute Gasteiger partial charge is 0.412 e. The standard InChI is InChI=1S/C22H21N3O8S/c1-31-16-7-9-17(10-8-16)34(29,30)25-13-14-11-12-32-19(14)20(18(25)21(26)24-28)33-22(27)23-15-5-3-2-4-6-15/h2-12,18,20,28H,13H2,1H3,(H,23,27)(H,24,26). The molecule has 2 atom stereocenters. The van der Waals surface area contributed by atoms with Gasteiger partial charge in [-0.1, -0.05) is 18.2 Å². The number of anilines is 1. The number of hydrogen-bond acceptors (Lipinski definition) is 8. The van der Waals surface area contributed by atoms with E-state index in [4.69, 9.17) is 13.9 Å². The van der Waals surface area contributed by atoms with Crippen molar-refractivity contribution in [2.45, 2.75) is 23.6 Å². The Labute approximate surface area is 194 Å². The molecule has 2 amide bonds. The van der Waals surface area contributed by atoms with Crippen LogP contribution in [0, 0.1) is 0 Å². The minimum atomic E-state index is -4.29. The number of nitrogens with zero attached hydrogens (tertiary/aromatic N) is 1. The normalized spacial score (nSPS) is 17.9. The third kappa shape index (κ3) is 4.46. The van der Waals surface area contributed by atoms with E-state index in [9.17, 15) is 23.2 Å². The molecule has 4 rings (SSSR count). The van der Waals surface area contributed by atoms with E-state index >= 15 is 0 Å². The minimum Gasteiger partial charge on any atom is -0.497 e. The molecule has 178 valence electrons. The van der Waals surface area contributed by atoms with Gasteiger partial charge in [-0.3, -0.25) is 15.3 Å². The summed E-state index contributed by atoms with van der Waals surface area (Å²) >= 11 is 0. The lowest BCUT2D eigenvalue weighted by molar-refractivity contribution is -0.138. The van der Waals surface area contributed by atoms with E-state index in [1.807, 2.05) is 0 Å². The number of carbonyl (C=O) groups excluding carboxylic acids is 2. The summed E-state index contributed by atoms with van der Waals surface area (Å²) in [6.45, 7) is -0.252. The summed E-state index contributed by atoms with van der Waals surface area (Å²) in [5.74, 6) is -0.562. The summed E-state index contributed by atoms with van der Waals surface area (Å²) in [7, 11) is -2.84. The molecule has 0 aliphatic carbocycles. The average molecular weight is 487 g/mol. The highest BCUT2D eigenvalue weighted by Gasteiger charge is 2.49. The molecule has 1 aromatic heterocycles. The Bertz CT molecular complexity index is 1270. The van der Waals surface area contributed by atoms with Gasteiger partial charge >= 0.3 is 6.09 Å². The van der Waals surface area contributed by atoms with Crippen LogP contribution in [0.15, 0.2) is 76.2 Å². The van der Waals surface area contributed by atoms with Gasteiger partial charge in [-0.05, 0) is 42.5 Å². The molecule has 11 nitrogen and oxygen atoms in total. The van der Waals surface area contributed by atoms with Gasteiger partial charge in [-0.15, -0.1) is 0 Å². The van der Waals surface area contributed by atoms with Crippen molar-refractivity contribution in [3.8, 4) is 5.75 Å². The van der Waals surface area contributed by atoms with Gasteiger partial charge in [0.15, 0.2) is 17.9 Å². The molecule has 2 unspecified atom stereocenters. The fraction of sp³-hybridized carbons (Fsp3) is 0.182. The number of furan rings is 1. The second-order valence-corrected chi connectivity index (χ2v) is 9.16. The molecule has 0 saturated heterocycles. The number of carbonyl (C=O) groups is 2. The summed E-state index contributed by atoms with van der Waals surface area (Å²) in [6.07, 6.45) is -1.13. The largest absolute Gasteiger partial charge is 0.497 e. The van der Waals surface area contributed by atoms with E-state index in [-0.39, 0.29) is 17.2 Å². The molecule has 34 heavy (non-hydrogen) atoms. The van der Waals surface area contributed by atoms with Gasteiger partial charge in [0, 0.05) is 17.8 Å². The number of para-hydroxylation sites is 1. The van der Waals surface area contributed by atoms with Gasteiger partial charge in [0.1, 0.15) is 5.75 Å². The highest BCUT2D eigenvalue weighted by Crippen LogP contribution is 2.38. The van der Waals surface area contributed by atoms with Gasteiger partial charge in [0.25, 0.3) is 5.91 Å². The maximum absolute atomic E-state index is 13.5. The molecule has 0 spiro atoms. The zero-order valence-electron chi connectivity index (χ0n) is 17.9. The second kappa shape index (κ2) is 9.55. The third-order valence-corrected chi connectivity index (χ3v) is 7.10. The Morgan fingerprint density at radius 1 is 1.09 bits per heavy atom. The molecule has 1 aliphatic heterocycles. The number of methoxy groups -OCH3 is 1. The van der Waals surface area contributed by atoms with E-state index in [1.165, 1.54) is 49.2 Å². The average Bonchev–Trinajstić information content (AvgIpc) is 3.33. The summed E-state index contributed by atoms with van der Waals surface area (Å²) in [4.78, 5) is 25.2. The molecule has 2 heterocycles. The number of fused-ring (bicyclic) bond motifs is 1. The fourth-order valence-corrected chi connectivity index (χ4v) is 5.21. The van der Waals surface area contributed by atoms with Crippen molar-refractivity contribution in [2.24, 2.45) is 0 Å². The number of rotatable bonds is 6. The number of hydroxylamine groups is 1. The van der Waals surface area contributed by atoms with Crippen LogP contribution in [-0.2, 0) is 26.1 Å². The first-order chi connectivity index (χ1) is 16.3. The van der Waals surface area contributed by atoms with E-state index in [1.54, 1.807) is 30.3 Å².